The van der Waals surface area contributed by atoms with E-state index in [9.17, 15) is 26.4 Å². The number of alkyl halides is 3. The maximum absolute atomic E-state index is 12.8. The summed E-state index contributed by atoms with van der Waals surface area (Å²) in [5.41, 5.74) is 0.908. The molecular weight excluding hydrogens is 439 g/mol. The van der Waals surface area contributed by atoms with E-state index in [-0.39, 0.29) is 47.9 Å². The predicted molar refractivity (Wildman–Crippen MR) is 102 cm³/mol. The van der Waals surface area contributed by atoms with Gasteiger partial charge in [-0.05, 0) is 44.4 Å². The number of aryl methyl sites for hydroxylation is 2. The Balaban J connectivity index is 1.51. The Morgan fingerprint density at radius 1 is 1.23 bits per heavy atom. The number of amides is 1. The second-order valence-corrected chi connectivity index (χ2v) is 9.12. The van der Waals surface area contributed by atoms with Crippen molar-refractivity contribution in [3.8, 4) is 5.75 Å². The molecule has 0 radical (unpaired) electrons. The molecule has 0 unspecified atom stereocenters. The van der Waals surface area contributed by atoms with E-state index < -0.39 is 16.4 Å². The highest BCUT2D eigenvalue weighted by atomic mass is 32.2. The maximum Gasteiger partial charge on any atom is 0.573 e. The van der Waals surface area contributed by atoms with Crippen LogP contribution in [-0.2, 0) is 21.4 Å². The second kappa shape index (κ2) is 8.87. The molecule has 0 saturated carbocycles. The summed E-state index contributed by atoms with van der Waals surface area (Å²) in [6, 6.07) is 5.21. The number of nitrogens with one attached hydrogen (secondary N) is 1. The highest BCUT2D eigenvalue weighted by Crippen LogP contribution is 2.28. The van der Waals surface area contributed by atoms with Crippen LogP contribution in [0.25, 0.3) is 0 Å². The van der Waals surface area contributed by atoms with Crippen molar-refractivity contribution in [2.45, 2.75) is 44.5 Å². The molecule has 2 heterocycles. The van der Waals surface area contributed by atoms with Crippen molar-refractivity contribution < 1.29 is 35.6 Å². The van der Waals surface area contributed by atoms with Gasteiger partial charge in [0.05, 0.1) is 0 Å². The Bertz CT molecular complexity index is 1010. The lowest BCUT2D eigenvalue weighted by Crippen LogP contribution is -2.43. The quantitative estimate of drug-likeness (QED) is 0.710. The summed E-state index contributed by atoms with van der Waals surface area (Å²) in [5, 5.41) is 6.43. The molecule has 1 N–H and O–H groups in total. The lowest BCUT2D eigenvalue weighted by Gasteiger charge is -2.30. The number of aromatic nitrogens is 1. The Kier molecular flexibility index (Phi) is 6.60. The fraction of sp³-hybridized carbons (Fsp3) is 0.474. The van der Waals surface area contributed by atoms with Crippen LogP contribution in [0.5, 0.6) is 5.75 Å². The van der Waals surface area contributed by atoms with Gasteiger partial charge in [-0.3, -0.25) is 4.79 Å². The third-order valence-electron chi connectivity index (χ3n) is 5.01. The molecule has 0 spiro atoms. The minimum Gasteiger partial charge on any atom is -0.406 e. The minimum atomic E-state index is -4.76. The molecule has 3 rings (SSSR count). The normalized spacial score (nSPS) is 16.3. The number of ether oxygens (including phenoxy) is 1. The molecule has 0 aliphatic carbocycles. The van der Waals surface area contributed by atoms with E-state index in [1.807, 2.05) is 0 Å². The maximum atomic E-state index is 12.8. The number of nitrogens with zero attached hydrogens (tertiary/aromatic N) is 2. The van der Waals surface area contributed by atoms with Gasteiger partial charge in [0.15, 0.2) is 5.76 Å². The zero-order valence-electron chi connectivity index (χ0n) is 16.9. The molecular formula is C19H22F3N3O5S. The van der Waals surface area contributed by atoms with Gasteiger partial charge < -0.3 is 14.6 Å². The third kappa shape index (κ3) is 5.56. The van der Waals surface area contributed by atoms with Crippen LogP contribution in [0.1, 0.15) is 29.9 Å². The second-order valence-electron chi connectivity index (χ2n) is 7.24. The summed E-state index contributed by atoms with van der Waals surface area (Å²) < 4.78 is 72.3. The summed E-state index contributed by atoms with van der Waals surface area (Å²) >= 11 is 0. The molecule has 0 atom stereocenters. The van der Waals surface area contributed by atoms with Crippen LogP contribution in [0.4, 0.5) is 13.2 Å². The number of halogens is 3. The SMILES string of the molecule is Cc1noc(C)c1S(=O)(=O)N1CCC(C(=O)NCc2ccc(OC(F)(F)F)cc2)CC1. The number of piperidine rings is 1. The number of benzene rings is 1. The lowest BCUT2D eigenvalue weighted by molar-refractivity contribution is -0.274. The number of carbonyl (C=O) groups is 1. The van der Waals surface area contributed by atoms with Crippen LogP contribution < -0.4 is 10.1 Å². The van der Waals surface area contributed by atoms with Crippen molar-refractivity contribution in [2.75, 3.05) is 13.1 Å². The number of sulfonamides is 1. The first-order valence-electron chi connectivity index (χ1n) is 9.53. The van der Waals surface area contributed by atoms with Gasteiger partial charge in [0.25, 0.3) is 0 Å². The zero-order chi connectivity index (χ0) is 22.8. The van der Waals surface area contributed by atoms with Crippen LogP contribution in [0.2, 0.25) is 0 Å². The molecule has 0 bridgehead atoms. The standard InChI is InChI=1S/C19H22F3N3O5S/c1-12-17(13(2)30-24-12)31(27,28)25-9-7-15(8-10-25)18(26)23-11-14-3-5-16(6-4-14)29-19(20,21)22/h3-6,15H,7-11H2,1-2H3,(H,23,26). The van der Waals surface area contributed by atoms with Crippen molar-refractivity contribution in [1.82, 2.24) is 14.8 Å². The highest BCUT2D eigenvalue weighted by Gasteiger charge is 2.35. The zero-order valence-corrected chi connectivity index (χ0v) is 17.7. The van der Waals surface area contributed by atoms with Crippen LogP contribution in [0.15, 0.2) is 33.7 Å². The molecule has 31 heavy (non-hydrogen) atoms. The predicted octanol–water partition coefficient (Wildman–Crippen LogP) is 2.91. The average molecular weight is 461 g/mol. The van der Waals surface area contributed by atoms with E-state index in [1.165, 1.54) is 35.5 Å². The van der Waals surface area contributed by atoms with Gasteiger partial charge in [0, 0.05) is 25.6 Å². The molecule has 12 heteroatoms. The molecule has 1 aliphatic heterocycles. The van der Waals surface area contributed by atoms with Crippen molar-refractivity contribution in [1.29, 1.82) is 0 Å². The van der Waals surface area contributed by atoms with Crippen LogP contribution in [-0.4, -0.2) is 43.2 Å². The summed E-state index contributed by atoms with van der Waals surface area (Å²) in [7, 11) is -3.75. The van der Waals surface area contributed by atoms with Crippen molar-refractivity contribution in [3.05, 3.63) is 41.3 Å². The van der Waals surface area contributed by atoms with Gasteiger partial charge in [-0.2, -0.15) is 4.31 Å². The third-order valence-corrected chi connectivity index (χ3v) is 7.16. The van der Waals surface area contributed by atoms with Crippen molar-refractivity contribution in [3.63, 3.8) is 0 Å². The van der Waals surface area contributed by atoms with E-state index in [0.717, 1.165) is 0 Å². The molecule has 2 aromatic rings. The van der Waals surface area contributed by atoms with E-state index in [2.05, 4.69) is 15.2 Å². The van der Waals surface area contributed by atoms with Gasteiger partial charge in [0.2, 0.25) is 15.9 Å². The first-order valence-corrected chi connectivity index (χ1v) is 11.0. The van der Waals surface area contributed by atoms with Gasteiger partial charge >= 0.3 is 6.36 Å². The Morgan fingerprint density at radius 2 is 1.84 bits per heavy atom. The number of carbonyl (C=O) groups excluding carboxylic acids is 1. The average Bonchev–Trinajstić information content (AvgIpc) is 3.05. The summed E-state index contributed by atoms with van der Waals surface area (Å²) in [6.07, 6.45) is -4.05. The summed E-state index contributed by atoms with van der Waals surface area (Å²) in [6.45, 7) is 3.62. The molecule has 1 saturated heterocycles. The van der Waals surface area contributed by atoms with Gasteiger partial charge in [0.1, 0.15) is 16.3 Å². The van der Waals surface area contributed by atoms with Crippen LogP contribution >= 0.6 is 0 Å². The Hall–Kier alpha value is -2.60. The van der Waals surface area contributed by atoms with Crippen molar-refractivity contribution in [2.24, 2.45) is 5.92 Å². The van der Waals surface area contributed by atoms with Gasteiger partial charge in [-0.1, -0.05) is 17.3 Å². The van der Waals surface area contributed by atoms with Gasteiger partial charge in [-0.25, -0.2) is 8.42 Å². The van der Waals surface area contributed by atoms with E-state index in [4.69, 9.17) is 4.52 Å². The monoisotopic (exact) mass is 461 g/mol. The number of hydrogen-bond donors (Lipinski definition) is 1. The van der Waals surface area contributed by atoms with E-state index in [0.29, 0.717) is 24.1 Å². The Labute approximate surface area is 177 Å². The van der Waals surface area contributed by atoms with Gasteiger partial charge in [-0.15, -0.1) is 13.2 Å². The largest absolute Gasteiger partial charge is 0.573 e. The molecule has 8 nitrogen and oxygen atoms in total. The molecule has 1 aromatic heterocycles. The fourth-order valence-electron chi connectivity index (χ4n) is 3.47. The molecule has 1 fully saturated rings. The highest BCUT2D eigenvalue weighted by molar-refractivity contribution is 7.89. The lowest BCUT2D eigenvalue weighted by atomic mass is 9.97. The smallest absolute Gasteiger partial charge is 0.406 e. The summed E-state index contributed by atoms with van der Waals surface area (Å²) in [4.78, 5) is 12.5. The summed E-state index contributed by atoms with van der Waals surface area (Å²) in [5.74, 6) is -0.701. The molecule has 1 aromatic carbocycles. The number of hydrogen-bond acceptors (Lipinski definition) is 6. The molecule has 1 aliphatic rings. The van der Waals surface area contributed by atoms with E-state index in [1.54, 1.807) is 6.92 Å². The Morgan fingerprint density at radius 3 is 2.35 bits per heavy atom. The molecule has 170 valence electrons. The van der Waals surface area contributed by atoms with Crippen molar-refractivity contribution >= 4 is 15.9 Å². The topological polar surface area (TPSA) is 102 Å². The first kappa shape index (κ1) is 23.1. The van der Waals surface area contributed by atoms with E-state index >= 15 is 0 Å². The fourth-order valence-corrected chi connectivity index (χ4v) is 5.23. The number of rotatable bonds is 6. The molecule has 1 amide bonds. The minimum absolute atomic E-state index is 0.0633. The first-order chi connectivity index (χ1) is 14.5. The van der Waals surface area contributed by atoms with Crippen LogP contribution in [0, 0.1) is 19.8 Å². The van der Waals surface area contributed by atoms with Crippen LogP contribution in [0.3, 0.4) is 0 Å².